The molecule has 1 heterocycles. The van der Waals surface area contributed by atoms with Crippen molar-refractivity contribution in [2.45, 2.75) is 64.2 Å². The molecule has 0 aliphatic carbocycles. The lowest BCUT2D eigenvalue weighted by Gasteiger charge is -2.24. The lowest BCUT2D eigenvalue weighted by atomic mass is 9.89. The van der Waals surface area contributed by atoms with E-state index in [-0.39, 0.29) is 27.4 Å². The second kappa shape index (κ2) is 12.5. The number of ether oxygens (including phenoxy) is 1. The van der Waals surface area contributed by atoms with E-state index in [1.54, 1.807) is 0 Å². The Morgan fingerprint density at radius 2 is 1.14 bits per heavy atom. The van der Waals surface area contributed by atoms with Gasteiger partial charge in [-0.2, -0.15) is 0 Å². The number of rotatable bonds is 6. The van der Waals surface area contributed by atoms with E-state index in [9.17, 15) is 21.8 Å². The molecular formula is C34H36F2O4S2. The van der Waals surface area contributed by atoms with Gasteiger partial charge in [-0.15, -0.1) is 0 Å². The fraction of sp³-hybridized carbons (Fsp3) is 0.294. The average molecular weight is 611 g/mol. The SMILES string of the molecule is CC(C)c1cc(C(C)C)c(S(=O)(=O)[O-])c(C(C)C)c1.COc1cc(F)c(-[s+]2c3ccccc3c3ccccc32)c(F)c1. The summed E-state index contributed by atoms with van der Waals surface area (Å²) in [5.74, 6) is -0.634. The molecular weight excluding hydrogens is 575 g/mol. The van der Waals surface area contributed by atoms with E-state index in [0.717, 1.165) is 25.7 Å². The minimum absolute atomic E-state index is 0.00919. The predicted molar refractivity (Wildman–Crippen MR) is 168 cm³/mol. The van der Waals surface area contributed by atoms with Gasteiger partial charge in [0.2, 0.25) is 0 Å². The van der Waals surface area contributed by atoms with Crippen LogP contribution in [-0.4, -0.2) is 20.1 Å². The van der Waals surface area contributed by atoms with Crippen LogP contribution in [0.2, 0.25) is 0 Å². The summed E-state index contributed by atoms with van der Waals surface area (Å²) < 4.78 is 70.9. The van der Waals surface area contributed by atoms with E-state index in [1.165, 1.54) is 19.2 Å². The van der Waals surface area contributed by atoms with E-state index in [4.69, 9.17) is 4.74 Å². The lowest BCUT2D eigenvalue weighted by molar-refractivity contribution is 0.407. The first-order valence-corrected chi connectivity index (χ1v) is 16.5. The van der Waals surface area contributed by atoms with Crippen LogP contribution in [0.1, 0.15) is 76.0 Å². The smallest absolute Gasteiger partial charge is 0.251 e. The molecule has 8 heteroatoms. The molecule has 5 rings (SSSR count). The van der Waals surface area contributed by atoms with Crippen molar-refractivity contribution < 1.29 is 26.5 Å². The lowest BCUT2D eigenvalue weighted by Crippen LogP contribution is -2.11. The fourth-order valence-electron chi connectivity index (χ4n) is 5.10. The van der Waals surface area contributed by atoms with Crippen LogP contribution in [0.3, 0.4) is 0 Å². The number of hydrogen-bond acceptors (Lipinski definition) is 4. The van der Waals surface area contributed by atoms with Gasteiger partial charge >= 0.3 is 0 Å². The highest BCUT2D eigenvalue weighted by Crippen LogP contribution is 2.50. The molecule has 1 aromatic heterocycles. The van der Waals surface area contributed by atoms with E-state index in [1.807, 2.05) is 88.4 Å². The molecule has 0 unspecified atom stereocenters. The third-order valence-corrected chi connectivity index (χ3v) is 10.6. The van der Waals surface area contributed by atoms with Crippen LogP contribution >= 0.6 is 10.5 Å². The second-order valence-electron chi connectivity index (χ2n) is 11.2. The minimum Gasteiger partial charge on any atom is -0.744 e. The maximum Gasteiger partial charge on any atom is 0.251 e. The molecule has 4 nitrogen and oxygen atoms in total. The molecule has 0 aliphatic heterocycles. The Balaban J connectivity index is 0.000000198. The molecule has 0 fully saturated rings. The van der Waals surface area contributed by atoms with E-state index in [0.29, 0.717) is 17.0 Å². The Labute approximate surface area is 249 Å². The van der Waals surface area contributed by atoms with Gasteiger partial charge in [-0.3, -0.25) is 0 Å². The number of hydrogen-bond donors (Lipinski definition) is 0. The normalized spacial score (nSPS) is 11.9. The topological polar surface area (TPSA) is 66.4 Å². The maximum atomic E-state index is 14.6. The Kier molecular flexibility index (Phi) is 9.40. The van der Waals surface area contributed by atoms with Gasteiger partial charge < -0.3 is 9.29 Å². The number of benzene rings is 4. The van der Waals surface area contributed by atoms with Gasteiger partial charge in [0.05, 0.1) is 12.0 Å². The Morgan fingerprint density at radius 1 is 0.714 bits per heavy atom. The third-order valence-electron chi connectivity index (χ3n) is 7.25. The quantitative estimate of drug-likeness (QED) is 0.142. The van der Waals surface area contributed by atoms with E-state index < -0.39 is 32.2 Å². The Bertz CT molecular complexity index is 1750. The maximum absolute atomic E-state index is 14.6. The fourth-order valence-corrected chi connectivity index (χ4v) is 8.68. The second-order valence-corrected chi connectivity index (χ2v) is 14.4. The van der Waals surface area contributed by atoms with Crippen molar-refractivity contribution in [3.05, 3.63) is 101 Å². The van der Waals surface area contributed by atoms with Crippen molar-refractivity contribution in [3.63, 3.8) is 0 Å². The molecule has 0 aliphatic rings. The van der Waals surface area contributed by atoms with Crippen LogP contribution in [0.15, 0.2) is 77.7 Å². The standard InChI is InChI=1S/C19H13F2OS.C15H24O3S/c1-22-12-10-15(20)19(16(21)11-12)23-17-8-4-2-6-13(17)14-7-3-5-9-18(14)23;1-9(2)12-7-13(10(3)4)15(19(16,17)18)14(8-12)11(5)6/h2-11H,1H3;7-11H,1-6H3,(H,16,17,18)/q+1;/p-1. The van der Waals surface area contributed by atoms with Crippen molar-refractivity contribution in [1.82, 2.24) is 0 Å². The van der Waals surface area contributed by atoms with Crippen LogP contribution < -0.4 is 4.74 Å². The summed E-state index contributed by atoms with van der Waals surface area (Å²) in [6.45, 7) is 11.8. The Hall–Kier alpha value is -3.33. The highest BCUT2D eigenvalue weighted by Gasteiger charge is 2.30. The number of thiophene rings is 1. The summed E-state index contributed by atoms with van der Waals surface area (Å²) in [5.41, 5.74) is 2.37. The van der Waals surface area contributed by atoms with Crippen molar-refractivity contribution in [3.8, 4) is 10.6 Å². The van der Waals surface area contributed by atoms with Crippen LogP contribution in [0, 0.1) is 11.6 Å². The van der Waals surface area contributed by atoms with Gasteiger partial charge in [-0.25, -0.2) is 17.2 Å². The molecule has 4 aromatic carbocycles. The first-order valence-electron chi connectivity index (χ1n) is 13.9. The molecule has 0 radical (unpaired) electrons. The number of fused-ring (bicyclic) bond motifs is 3. The first kappa shape index (κ1) is 31.6. The monoisotopic (exact) mass is 610 g/mol. The van der Waals surface area contributed by atoms with Crippen molar-refractivity contribution in [2.75, 3.05) is 7.11 Å². The third kappa shape index (κ3) is 6.21. The Morgan fingerprint density at radius 3 is 1.50 bits per heavy atom. The predicted octanol–water partition coefficient (Wildman–Crippen LogP) is 9.98. The van der Waals surface area contributed by atoms with Crippen LogP contribution in [-0.2, 0) is 10.1 Å². The summed E-state index contributed by atoms with van der Waals surface area (Å²) in [7, 11) is -3.83. The van der Waals surface area contributed by atoms with Crippen LogP contribution in [0.4, 0.5) is 8.78 Å². The zero-order chi connectivity index (χ0) is 30.9. The summed E-state index contributed by atoms with van der Waals surface area (Å²) >= 11 is 0. The highest BCUT2D eigenvalue weighted by molar-refractivity contribution is 7.85. The van der Waals surface area contributed by atoms with Gasteiger partial charge in [-0.1, -0.05) is 77.9 Å². The average Bonchev–Trinajstić information content (AvgIpc) is 3.26. The molecule has 42 heavy (non-hydrogen) atoms. The van der Waals surface area contributed by atoms with Gasteiger partial charge in [-0.05, 0) is 58.7 Å². The molecule has 0 saturated heterocycles. The summed E-state index contributed by atoms with van der Waals surface area (Å²) in [5, 5.41) is 2.09. The summed E-state index contributed by atoms with van der Waals surface area (Å²) in [6, 6.07) is 21.8. The summed E-state index contributed by atoms with van der Waals surface area (Å²) in [6.07, 6.45) is 0. The first-order chi connectivity index (χ1) is 19.8. The van der Waals surface area contributed by atoms with Crippen molar-refractivity contribution >= 4 is 40.8 Å². The molecule has 0 amide bonds. The van der Waals surface area contributed by atoms with Gasteiger partial charge in [0.1, 0.15) is 15.9 Å². The van der Waals surface area contributed by atoms with Gasteiger partial charge in [0.25, 0.3) is 4.90 Å². The molecule has 222 valence electrons. The largest absolute Gasteiger partial charge is 0.744 e. The van der Waals surface area contributed by atoms with Gasteiger partial charge in [0.15, 0.2) is 21.0 Å². The van der Waals surface area contributed by atoms with Crippen molar-refractivity contribution in [1.29, 1.82) is 0 Å². The van der Waals surface area contributed by atoms with Crippen molar-refractivity contribution in [2.24, 2.45) is 0 Å². The molecule has 0 saturated carbocycles. The number of halogens is 2. The zero-order valence-corrected chi connectivity index (χ0v) is 26.5. The van der Waals surface area contributed by atoms with E-state index in [2.05, 4.69) is 13.8 Å². The van der Waals surface area contributed by atoms with Gasteiger partial charge in [0, 0.05) is 33.4 Å². The highest BCUT2D eigenvalue weighted by atomic mass is 32.2. The molecule has 5 aromatic rings. The molecule has 0 atom stereocenters. The number of methoxy groups -OCH3 is 1. The van der Waals surface area contributed by atoms with Crippen LogP contribution in [0.5, 0.6) is 5.75 Å². The molecule has 0 spiro atoms. The molecule has 0 bridgehead atoms. The van der Waals surface area contributed by atoms with Crippen LogP contribution in [0.25, 0.3) is 25.1 Å². The molecule has 0 N–H and O–H groups in total. The summed E-state index contributed by atoms with van der Waals surface area (Å²) in [4.78, 5) is 0.0881. The van der Waals surface area contributed by atoms with E-state index >= 15 is 0 Å². The zero-order valence-electron chi connectivity index (χ0n) is 24.9. The minimum atomic E-state index is -4.45.